The third-order valence-corrected chi connectivity index (χ3v) is 4.96. The maximum absolute atomic E-state index is 12.5. The van der Waals surface area contributed by atoms with E-state index in [0.717, 1.165) is 25.0 Å². The molecule has 168 valence electrons. The molecule has 7 nitrogen and oxygen atoms in total. The zero-order chi connectivity index (χ0) is 22.9. The summed E-state index contributed by atoms with van der Waals surface area (Å²) in [7, 11) is 0. The second kappa shape index (κ2) is 10.9. The van der Waals surface area contributed by atoms with Crippen molar-refractivity contribution >= 4 is 11.6 Å². The molecule has 33 heavy (non-hydrogen) atoms. The van der Waals surface area contributed by atoms with Crippen molar-refractivity contribution in [1.29, 1.82) is 0 Å². The maximum atomic E-state index is 12.5. The van der Waals surface area contributed by atoms with E-state index in [0.29, 0.717) is 35.3 Å². The molecule has 0 saturated heterocycles. The molecular weight excluding hydrogens is 416 g/mol. The molecule has 4 aromatic rings. The third kappa shape index (κ3) is 6.20. The molecular formula is C26H26N4O3. The van der Waals surface area contributed by atoms with Crippen LogP contribution in [0.2, 0.25) is 0 Å². The Bertz CT molecular complexity index is 1160. The predicted molar refractivity (Wildman–Crippen MR) is 127 cm³/mol. The number of unbranched alkanes of at least 4 members (excludes halogenated alkanes) is 2. The van der Waals surface area contributed by atoms with Gasteiger partial charge in [-0.1, -0.05) is 19.8 Å². The van der Waals surface area contributed by atoms with Gasteiger partial charge in [0.15, 0.2) is 0 Å². The average Bonchev–Trinajstić information content (AvgIpc) is 3.39. The first-order chi connectivity index (χ1) is 16.2. The van der Waals surface area contributed by atoms with Crippen molar-refractivity contribution in [3.8, 4) is 23.2 Å². The Hall–Kier alpha value is -4.13. The summed E-state index contributed by atoms with van der Waals surface area (Å²) in [5.74, 6) is 2.34. The van der Waals surface area contributed by atoms with Crippen molar-refractivity contribution in [3.05, 3.63) is 91.0 Å². The summed E-state index contributed by atoms with van der Waals surface area (Å²) in [6, 6.07) is 19.9. The van der Waals surface area contributed by atoms with Crippen LogP contribution in [0.3, 0.4) is 0 Å². The van der Waals surface area contributed by atoms with Crippen LogP contribution in [0.4, 0.5) is 5.69 Å². The van der Waals surface area contributed by atoms with Crippen LogP contribution in [-0.2, 0) is 0 Å². The Morgan fingerprint density at radius 1 is 0.939 bits per heavy atom. The van der Waals surface area contributed by atoms with Crippen LogP contribution in [0.25, 0.3) is 5.82 Å². The molecule has 0 aliphatic carbocycles. The summed E-state index contributed by atoms with van der Waals surface area (Å²) in [4.78, 5) is 21.0. The smallest absolute Gasteiger partial charge is 0.255 e. The molecule has 0 spiro atoms. The van der Waals surface area contributed by atoms with Gasteiger partial charge in [-0.25, -0.2) is 9.97 Å². The van der Waals surface area contributed by atoms with Crippen LogP contribution in [-0.4, -0.2) is 27.0 Å². The molecule has 0 bridgehead atoms. The largest absolute Gasteiger partial charge is 0.494 e. The van der Waals surface area contributed by atoms with Gasteiger partial charge in [0.2, 0.25) is 5.88 Å². The molecule has 7 heteroatoms. The average molecular weight is 443 g/mol. The molecule has 2 heterocycles. The lowest BCUT2D eigenvalue weighted by Gasteiger charge is -2.09. The van der Waals surface area contributed by atoms with Crippen LogP contribution in [0.15, 0.2) is 85.5 Å². The Morgan fingerprint density at radius 2 is 1.67 bits per heavy atom. The minimum Gasteiger partial charge on any atom is -0.494 e. The van der Waals surface area contributed by atoms with Crippen molar-refractivity contribution in [2.75, 3.05) is 11.9 Å². The molecule has 2 aromatic carbocycles. The van der Waals surface area contributed by atoms with Gasteiger partial charge in [-0.2, -0.15) is 0 Å². The lowest BCUT2D eigenvalue weighted by molar-refractivity contribution is 0.102. The van der Waals surface area contributed by atoms with E-state index in [2.05, 4.69) is 22.2 Å². The molecule has 0 unspecified atom stereocenters. The minimum atomic E-state index is -0.187. The fraction of sp³-hybridized carbons (Fsp3) is 0.192. The van der Waals surface area contributed by atoms with Gasteiger partial charge in [0.25, 0.3) is 5.91 Å². The second-order valence-electron chi connectivity index (χ2n) is 7.47. The van der Waals surface area contributed by atoms with Crippen molar-refractivity contribution in [2.24, 2.45) is 0 Å². The molecule has 0 fully saturated rings. The van der Waals surface area contributed by atoms with Crippen molar-refractivity contribution in [2.45, 2.75) is 26.2 Å². The van der Waals surface area contributed by atoms with E-state index in [9.17, 15) is 4.79 Å². The maximum Gasteiger partial charge on any atom is 0.255 e. The highest BCUT2D eigenvalue weighted by atomic mass is 16.5. The van der Waals surface area contributed by atoms with Gasteiger partial charge >= 0.3 is 0 Å². The number of anilines is 1. The summed E-state index contributed by atoms with van der Waals surface area (Å²) in [6.45, 7) is 2.85. The van der Waals surface area contributed by atoms with E-state index in [1.54, 1.807) is 42.5 Å². The van der Waals surface area contributed by atoms with Gasteiger partial charge in [0, 0.05) is 29.7 Å². The number of amides is 1. The summed E-state index contributed by atoms with van der Waals surface area (Å²) >= 11 is 0. The van der Waals surface area contributed by atoms with Gasteiger partial charge in [-0.3, -0.25) is 4.79 Å². The lowest BCUT2D eigenvalue weighted by Crippen LogP contribution is -2.11. The van der Waals surface area contributed by atoms with Crippen LogP contribution in [0, 0.1) is 0 Å². The van der Waals surface area contributed by atoms with Crippen LogP contribution in [0.1, 0.15) is 36.5 Å². The standard InChI is InChI=1S/C26H26N4O3/c1-2-3-6-17-32-22-11-7-20(8-12-22)26(31)29-21-9-13-23(14-10-21)33-25-18-24(27-19-28-25)30-15-4-5-16-30/h4-5,7-16,18-19H,2-3,6,17H2,1H3,(H,29,31). The number of ether oxygens (including phenoxy) is 2. The van der Waals surface area contributed by atoms with Crippen LogP contribution < -0.4 is 14.8 Å². The summed E-state index contributed by atoms with van der Waals surface area (Å²) in [5.41, 5.74) is 1.23. The van der Waals surface area contributed by atoms with E-state index in [1.807, 2.05) is 41.2 Å². The van der Waals surface area contributed by atoms with Crippen molar-refractivity contribution < 1.29 is 14.3 Å². The normalized spacial score (nSPS) is 10.6. The minimum absolute atomic E-state index is 0.187. The number of nitrogens with zero attached hydrogens (tertiary/aromatic N) is 3. The quantitative estimate of drug-likeness (QED) is 0.310. The Labute approximate surface area is 193 Å². The van der Waals surface area contributed by atoms with Gasteiger partial charge in [-0.15, -0.1) is 0 Å². The number of benzene rings is 2. The van der Waals surface area contributed by atoms with Gasteiger partial charge in [0.05, 0.1) is 6.61 Å². The number of rotatable bonds is 10. The summed E-state index contributed by atoms with van der Waals surface area (Å²) in [5, 5.41) is 2.89. The Balaban J connectivity index is 1.32. The zero-order valence-electron chi connectivity index (χ0n) is 18.5. The third-order valence-electron chi connectivity index (χ3n) is 4.96. The van der Waals surface area contributed by atoms with Crippen molar-refractivity contribution in [1.82, 2.24) is 14.5 Å². The van der Waals surface area contributed by atoms with Gasteiger partial charge in [0.1, 0.15) is 23.6 Å². The summed E-state index contributed by atoms with van der Waals surface area (Å²) in [6.07, 6.45) is 8.60. The van der Waals surface area contributed by atoms with E-state index in [4.69, 9.17) is 9.47 Å². The zero-order valence-corrected chi connectivity index (χ0v) is 18.5. The number of carbonyl (C=O) groups excluding carboxylic acids is 1. The van der Waals surface area contributed by atoms with E-state index >= 15 is 0 Å². The SMILES string of the molecule is CCCCCOc1ccc(C(=O)Nc2ccc(Oc3cc(-n4cccc4)ncn3)cc2)cc1. The molecule has 2 aromatic heterocycles. The highest BCUT2D eigenvalue weighted by molar-refractivity contribution is 6.04. The first-order valence-corrected chi connectivity index (χ1v) is 11.0. The topological polar surface area (TPSA) is 78.3 Å². The number of hydrogen-bond donors (Lipinski definition) is 1. The van der Waals surface area contributed by atoms with E-state index in [1.165, 1.54) is 6.33 Å². The molecule has 0 aliphatic rings. The second-order valence-corrected chi connectivity index (χ2v) is 7.47. The van der Waals surface area contributed by atoms with E-state index in [-0.39, 0.29) is 5.91 Å². The highest BCUT2D eigenvalue weighted by Gasteiger charge is 2.08. The number of nitrogens with one attached hydrogen (secondary N) is 1. The number of aromatic nitrogens is 3. The predicted octanol–water partition coefficient (Wildman–Crippen LogP) is 5.88. The molecule has 0 saturated carbocycles. The van der Waals surface area contributed by atoms with Gasteiger partial charge < -0.3 is 19.4 Å². The first-order valence-electron chi connectivity index (χ1n) is 11.0. The monoisotopic (exact) mass is 442 g/mol. The van der Waals surface area contributed by atoms with Crippen molar-refractivity contribution in [3.63, 3.8) is 0 Å². The van der Waals surface area contributed by atoms with Crippen LogP contribution >= 0.6 is 0 Å². The van der Waals surface area contributed by atoms with Crippen LogP contribution in [0.5, 0.6) is 17.4 Å². The fourth-order valence-electron chi connectivity index (χ4n) is 3.19. The molecule has 0 radical (unpaired) electrons. The highest BCUT2D eigenvalue weighted by Crippen LogP contribution is 2.23. The van der Waals surface area contributed by atoms with Gasteiger partial charge in [-0.05, 0) is 67.1 Å². The molecule has 0 aliphatic heterocycles. The van der Waals surface area contributed by atoms with E-state index < -0.39 is 0 Å². The fourth-order valence-corrected chi connectivity index (χ4v) is 3.19. The number of carbonyl (C=O) groups is 1. The Kier molecular flexibility index (Phi) is 7.33. The lowest BCUT2D eigenvalue weighted by atomic mass is 10.2. The molecule has 4 rings (SSSR count). The molecule has 1 amide bonds. The molecule has 1 N–H and O–H groups in total. The first kappa shape index (κ1) is 22.1. The number of hydrogen-bond acceptors (Lipinski definition) is 5. The molecule has 0 atom stereocenters. The Morgan fingerprint density at radius 3 is 2.39 bits per heavy atom. The summed E-state index contributed by atoms with van der Waals surface area (Å²) < 4.78 is 13.4.